The molecule has 84 valence electrons. The molecule has 0 saturated carbocycles. The van der Waals surface area contributed by atoms with E-state index in [0.29, 0.717) is 6.61 Å². The third-order valence-electron chi connectivity index (χ3n) is 3.09. The Morgan fingerprint density at radius 3 is 1.76 bits per heavy atom. The van der Waals surface area contributed by atoms with Crippen LogP contribution in [0.2, 0.25) is 0 Å². The van der Waals surface area contributed by atoms with Crippen molar-refractivity contribution in [3.05, 3.63) is 65.9 Å². The van der Waals surface area contributed by atoms with E-state index in [-0.39, 0.29) is 0 Å². The van der Waals surface area contributed by atoms with Gasteiger partial charge in [-0.05, 0) is 29.2 Å². The lowest BCUT2D eigenvalue weighted by Gasteiger charge is -2.02. The lowest BCUT2D eigenvalue weighted by molar-refractivity contribution is 0.271. The molecule has 0 radical (unpaired) electrons. The maximum Gasteiger partial charge on any atom is 0.0913 e. The Morgan fingerprint density at radius 1 is 0.824 bits per heavy atom. The minimum absolute atomic E-state index is 0.702. The van der Waals surface area contributed by atoms with Gasteiger partial charge >= 0.3 is 0 Å². The van der Waals surface area contributed by atoms with Crippen LogP contribution in [-0.2, 0) is 4.74 Å². The second-order valence-electron chi connectivity index (χ2n) is 4.08. The van der Waals surface area contributed by atoms with Crippen molar-refractivity contribution in [2.75, 3.05) is 6.61 Å². The molecule has 2 aromatic carbocycles. The lowest BCUT2D eigenvalue weighted by Crippen LogP contribution is -1.85. The van der Waals surface area contributed by atoms with Crippen LogP contribution in [0, 0.1) is 0 Å². The second kappa shape index (κ2) is 4.10. The molecule has 0 bridgehead atoms. The molecule has 1 nitrogen and oxygen atoms in total. The fraction of sp³-hybridized carbons (Fsp3) is 0.125. The molecule has 2 aromatic rings. The van der Waals surface area contributed by atoms with Gasteiger partial charge in [-0.2, -0.15) is 0 Å². The van der Waals surface area contributed by atoms with Crippen LogP contribution in [0.15, 0.2) is 54.8 Å². The van der Waals surface area contributed by atoms with Gasteiger partial charge in [0.15, 0.2) is 0 Å². The van der Waals surface area contributed by atoms with Crippen LogP contribution in [0.5, 0.6) is 0 Å². The van der Waals surface area contributed by atoms with Crippen LogP contribution in [-0.4, -0.2) is 6.61 Å². The van der Waals surface area contributed by atoms with Crippen LogP contribution in [0.4, 0.5) is 0 Å². The first kappa shape index (κ1) is 10.2. The van der Waals surface area contributed by atoms with Gasteiger partial charge in [0.2, 0.25) is 0 Å². The summed E-state index contributed by atoms with van der Waals surface area (Å²) in [5, 5.41) is 0. The minimum atomic E-state index is 0.702. The van der Waals surface area contributed by atoms with Gasteiger partial charge in [0, 0.05) is 5.57 Å². The van der Waals surface area contributed by atoms with E-state index in [1.807, 2.05) is 13.2 Å². The van der Waals surface area contributed by atoms with Crippen molar-refractivity contribution in [1.82, 2.24) is 0 Å². The number of hydrogen-bond acceptors (Lipinski definition) is 1. The standard InChI is InChI=1S/C16H14O/c1-2-17-11-16-14-9-5-3-7-12(14)13-8-4-6-10-15(13)16/h3-11H,2H2,1H3. The summed E-state index contributed by atoms with van der Waals surface area (Å²) in [5.74, 6) is 0. The van der Waals surface area contributed by atoms with Crippen LogP contribution in [0.1, 0.15) is 18.1 Å². The van der Waals surface area contributed by atoms with Crippen LogP contribution in [0.3, 0.4) is 0 Å². The lowest BCUT2D eigenvalue weighted by atomic mass is 10.1. The predicted octanol–water partition coefficient (Wildman–Crippen LogP) is 4.09. The normalized spacial score (nSPS) is 11.9. The Balaban J connectivity index is 2.24. The molecule has 1 aliphatic carbocycles. The summed E-state index contributed by atoms with van der Waals surface area (Å²) in [6.07, 6.45) is 1.88. The monoisotopic (exact) mass is 222 g/mol. The zero-order valence-electron chi connectivity index (χ0n) is 9.81. The third-order valence-corrected chi connectivity index (χ3v) is 3.09. The summed E-state index contributed by atoms with van der Waals surface area (Å²) < 4.78 is 5.47. The Bertz CT molecular complexity index is 534. The zero-order valence-corrected chi connectivity index (χ0v) is 9.81. The molecule has 0 unspecified atom stereocenters. The number of ether oxygens (including phenoxy) is 1. The molecule has 0 amide bonds. The Hall–Kier alpha value is -2.02. The molecule has 0 aliphatic heterocycles. The Kier molecular flexibility index (Phi) is 2.45. The third kappa shape index (κ3) is 1.55. The van der Waals surface area contributed by atoms with Gasteiger partial charge in [0.25, 0.3) is 0 Å². The molecular weight excluding hydrogens is 208 g/mol. The van der Waals surface area contributed by atoms with Crippen molar-refractivity contribution < 1.29 is 4.74 Å². The fourth-order valence-corrected chi connectivity index (χ4v) is 2.34. The highest BCUT2D eigenvalue weighted by Gasteiger charge is 2.22. The maximum atomic E-state index is 5.47. The number of benzene rings is 2. The molecule has 0 fully saturated rings. The van der Waals surface area contributed by atoms with E-state index in [9.17, 15) is 0 Å². The highest BCUT2D eigenvalue weighted by atomic mass is 16.5. The minimum Gasteiger partial charge on any atom is -0.501 e. The van der Waals surface area contributed by atoms with Crippen LogP contribution >= 0.6 is 0 Å². The van der Waals surface area contributed by atoms with E-state index in [0.717, 1.165) is 0 Å². The van der Waals surface area contributed by atoms with Gasteiger partial charge in [-0.3, -0.25) is 0 Å². The molecule has 17 heavy (non-hydrogen) atoms. The summed E-state index contributed by atoms with van der Waals surface area (Å²) in [7, 11) is 0. The smallest absolute Gasteiger partial charge is 0.0913 e. The molecule has 3 rings (SSSR count). The van der Waals surface area contributed by atoms with Crippen molar-refractivity contribution in [1.29, 1.82) is 0 Å². The molecule has 1 aliphatic rings. The molecule has 0 aromatic heterocycles. The number of fused-ring (bicyclic) bond motifs is 3. The highest BCUT2D eigenvalue weighted by molar-refractivity contribution is 6.00. The first-order chi connectivity index (χ1) is 8.42. The summed E-state index contributed by atoms with van der Waals surface area (Å²) in [6.45, 7) is 2.71. The molecule has 0 N–H and O–H groups in total. The molecule has 1 heteroatoms. The first-order valence-electron chi connectivity index (χ1n) is 5.92. The van der Waals surface area contributed by atoms with Gasteiger partial charge in [-0.25, -0.2) is 0 Å². The zero-order chi connectivity index (χ0) is 11.7. The summed E-state index contributed by atoms with van der Waals surface area (Å²) in [5.41, 5.74) is 6.32. The van der Waals surface area contributed by atoms with Gasteiger partial charge in [0.1, 0.15) is 0 Å². The highest BCUT2D eigenvalue weighted by Crippen LogP contribution is 2.43. The van der Waals surface area contributed by atoms with E-state index in [1.165, 1.54) is 27.8 Å². The molecular formula is C16H14O. The quantitative estimate of drug-likeness (QED) is 0.593. The summed E-state index contributed by atoms with van der Waals surface area (Å²) >= 11 is 0. The molecule has 0 spiro atoms. The van der Waals surface area contributed by atoms with E-state index >= 15 is 0 Å². The van der Waals surface area contributed by atoms with Crippen LogP contribution in [0.25, 0.3) is 16.7 Å². The topological polar surface area (TPSA) is 9.23 Å². The van der Waals surface area contributed by atoms with E-state index in [2.05, 4.69) is 48.5 Å². The van der Waals surface area contributed by atoms with Gasteiger partial charge in [-0.1, -0.05) is 48.5 Å². The van der Waals surface area contributed by atoms with E-state index in [1.54, 1.807) is 0 Å². The molecule has 0 atom stereocenters. The SMILES string of the molecule is CCOC=C1c2ccccc2-c2ccccc21. The molecule has 0 heterocycles. The van der Waals surface area contributed by atoms with Gasteiger partial charge in [0.05, 0.1) is 12.9 Å². The number of hydrogen-bond donors (Lipinski definition) is 0. The van der Waals surface area contributed by atoms with E-state index < -0.39 is 0 Å². The van der Waals surface area contributed by atoms with Crippen molar-refractivity contribution in [3.63, 3.8) is 0 Å². The van der Waals surface area contributed by atoms with Crippen LogP contribution < -0.4 is 0 Å². The summed E-state index contributed by atoms with van der Waals surface area (Å²) in [6, 6.07) is 17.0. The molecule has 0 saturated heterocycles. The Morgan fingerprint density at radius 2 is 1.29 bits per heavy atom. The largest absolute Gasteiger partial charge is 0.501 e. The van der Waals surface area contributed by atoms with Gasteiger partial charge < -0.3 is 4.74 Å². The van der Waals surface area contributed by atoms with Gasteiger partial charge in [-0.15, -0.1) is 0 Å². The number of rotatable bonds is 2. The fourth-order valence-electron chi connectivity index (χ4n) is 2.34. The second-order valence-corrected chi connectivity index (χ2v) is 4.08. The maximum absolute atomic E-state index is 5.47. The summed E-state index contributed by atoms with van der Waals surface area (Å²) in [4.78, 5) is 0. The van der Waals surface area contributed by atoms with Crippen molar-refractivity contribution in [3.8, 4) is 11.1 Å². The average Bonchev–Trinajstić information content (AvgIpc) is 2.71. The average molecular weight is 222 g/mol. The predicted molar refractivity (Wildman–Crippen MR) is 70.6 cm³/mol. The Labute approximate surface area is 101 Å². The van der Waals surface area contributed by atoms with Crippen molar-refractivity contribution in [2.45, 2.75) is 6.92 Å². The van der Waals surface area contributed by atoms with E-state index in [4.69, 9.17) is 4.74 Å². The van der Waals surface area contributed by atoms with Crippen molar-refractivity contribution >= 4 is 5.57 Å². The first-order valence-corrected chi connectivity index (χ1v) is 5.92. The van der Waals surface area contributed by atoms with Crippen molar-refractivity contribution in [2.24, 2.45) is 0 Å².